The maximum absolute atomic E-state index is 13.2. The lowest BCUT2D eigenvalue weighted by atomic mass is 9.86. The number of morpholine rings is 1. The number of aromatic nitrogens is 1. The summed E-state index contributed by atoms with van der Waals surface area (Å²) >= 11 is 0. The standard InChI is InChI=1S/C21H27N3O3/c1-23(21(26)19-16-6-3-2-5-15(16)9-10-22-19)17-7-4-8-18(20(17)25)24-11-13-27-14-12-24/h2-3,5-6,9-10,17-18,20,25H,4,7-8,11-14H2,1H3/t17-,18-,20-/m1/s1. The zero-order valence-corrected chi connectivity index (χ0v) is 15.8. The first-order valence-electron chi connectivity index (χ1n) is 9.77. The van der Waals surface area contributed by atoms with Crippen LogP contribution < -0.4 is 0 Å². The van der Waals surface area contributed by atoms with Gasteiger partial charge in [0.25, 0.3) is 5.91 Å². The number of aliphatic hydroxyl groups excluding tert-OH is 1. The average molecular weight is 369 g/mol. The molecule has 3 atom stereocenters. The summed E-state index contributed by atoms with van der Waals surface area (Å²) in [5, 5.41) is 12.9. The number of likely N-dealkylation sites (N-methyl/N-ethyl adjacent to an activating group) is 1. The van der Waals surface area contributed by atoms with E-state index in [2.05, 4.69) is 9.88 Å². The van der Waals surface area contributed by atoms with Crippen molar-refractivity contribution in [2.45, 2.75) is 37.5 Å². The number of amides is 1. The summed E-state index contributed by atoms with van der Waals surface area (Å²) in [5.74, 6) is -0.126. The highest BCUT2D eigenvalue weighted by Crippen LogP contribution is 2.29. The van der Waals surface area contributed by atoms with Gasteiger partial charge >= 0.3 is 0 Å². The summed E-state index contributed by atoms with van der Waals surface area (Å²) in [6.45, 7) is 3.11. The summed E-state index contributed by atoms with van der Waals surface area (Å²) in [7, 11) is 1.79. The second kappa shape index (κ2) is 7.92. The zero-order valence-electron chi connectivity index (χ0n) is 15.8. The molecule has 6 heteroatoms. The molecule has 4 rings (SSSR count). The van der Waals surface area contributed by atoms with Crippen molar-refractivity contribution in [1.29, 1.82) is 0 Å². The van der Waals surface area contributed by atoms with Crippen LogP contribution in [0.25, 0.3) is 10.8 Å². The van der Waals surface area contributed by atoms with Crippen molar-refractivity contribution in [1.82, 2.24) is 14.8 Å². The number of nitrogens with zero attached hydrogens (tertiary/aromatic N) is 3. The number of hydrogen-bond donors (Lipinski definition) is 1. The second-order valence-corrected chi connectivity index (χ2v) is 7.50. The molecule has 0 spiro atoms. The molecule has 1 aliphatic carbocycles. The topological polar surface area (TPSA) is 65.9 Å². The molecule has 2 fully saturated rings. The maximum Gasteiger partial charge on any atom is 0.273 e. The second-order valence-electron chi connectivity index (χ2n) is 7.50. The third kappa shape index (κ3) is 3.57. The van der Waals surface area contributed by atoms with E-state index in [4.69, 9.17) is 4.74 Å². The molecular weight excluding hydrogens is 342 g/mol. The number of ether oxygens (including phenoxy) is 1. The largest absolute Gasteiger partial charge is 0.389 e. The zero-order chi connectivity index (χ0) is 18.8. The number of pyridine rings is 1. The molecule has 0 bridgehead atoms. The van der Waals surface area contributed by atoms with E-state index < -0.39 is 6.10 Å². The number of rotatable bonds is 3. The number of hydrogen-bond acceptors (Lipinski definition) is 5. The van der Waals surface area contributed by atoms with E-state index in [-0.39, 0.29) is 18.0 Å². The van der Waals surface area contributed by atoms with Crippen molar-refractivity contribution >= 4 is 16.7 Å². The minimum absolute atomic E-state index is 0.0865. The molecule has 144 valence electrons. The first-order valence-corrected chi connectivity index (χ1v) is 9.77. The predicted molar refractivity (Wildman–Crippen MR) is 104 cm³/mol. The van der Waals surface area contributed by atoms with Crippen LogP contribution in [0.3, 0.4) is 0 Å². The van der Waals surface area contributed by atoms with Crippen molar-refractivity contribution in [3.8, 4) is 0 Å². The average Bonchev–Trinajstić information content (AvgIpc) is 2.73. The monoisotopic (exact) mass is 369 g/mol. The van der Waals surface area contributed by atoms with Gasteiger partial charge in [-0.3, -0.25) is 14.7 Å². The number of benzene rings is 1. The first-order chi connectivity index (χ1) is 13.2. The van der Waals surface area contributed by atoms with Crippen LogP contribution in [0.2, 0.25) is 0 Å². The predicted octanol–water partition coefficient (Wildman–Crippen LogP) is 1.92. The van der Waals surface area contributed by atoms with Crippen LogP contribution in [-0.4, -0.2) is 77.3 Å². The third-order valence-electron chi connectivity index (χ3n) is 6.00. The van der Waals surface area contributed by atoms with E-state index in [0.29, 0.717) is 18.9 Å². The van der Waals surface area contributed by atoms with Crippen molar-refractivity contribution in [3.63, 3.8) is 0 Å². The Morgan fingerprint density at radius 3 is 2.81 bits per heavy atom. The fourth-order valence-corrected chi connectivity index (χ4v) is 4.47. The highest BCUT2D eigenvalue weighted by atomic mass is 16.5. The third-order valence-corrected chi connectivity index (χ3v) is 6.00. The quantitative estimate of drug-likeness (QED) is 0.895. The van der Waals surface area contributed by atoms with Gasteiger partial charge in [0.15, 0.2) is 0 Å². The van der Waals surface area contributed by atoms with Gasteiger partial charge in [-0.25, -0.2) is 0 Å². The van der Waals surface area contributed by atoms with Gasteiger partial charge in [-0.05, 0) is 30.7 Å². The summed E-state index contributed by atoms with van der Waals surface area (Å²) in [6.07, 6.45) is 3.91. The van der Waals surface area contributed by atoms with Crippen LogP contribution in [-0.2, 0) is 4.74 Å². The van der Waals surface area contributed by atoms with E-state index in [9.17, 15) is 9.90 Å². The fourth-order valence-electron chi connectivity index (χ4n) is 4.47. The van der Waals surface area contributed by atoms with Crippen molar-refractivity contribution in [2.75, 3.05) is 33.4 Å². The van der Waals surface area contributed by atoms with Gasteiger partial charge in [-0.1, -0.05) is 24.3 Å². The molecule has 1 aliphatic heterocycles. The molecule has 6 nitrogen and oxygen atoms in total. The van der Waals surface area contributed by atoms with Crippen molar-refractivity contribution in [3.05, 3.63) is 42.2 Å². The van der Waals surface area contributed by atoms with E-state index >= 15 is 0 Å². The normalized spacial score (nSPS) is 26.8. The summed E-state index contributed by atoms with van der Waals surface area (Å²) < 4.78 is 5.44. The Hall–Kier alpha value is -2.02. The molecule has 1 N–H and O–H groups in total. The molecule has 1 aromatic carbocycles. The Kier molecular flexibility index (Phi) is 5.38. The lowest BCUT2D eigenvalue weighted by molar-refractivity contribution is -0.0614. The smallest absolute Gasteiger partial charge is 0.273 e. The van der Waals surface area contributed by atoms with Crippen LogP contribution in [0, 0.1) is 0 Å². The van der Waals surface area contributed by atoms with Gasteiger partial charge in [-0.2, -0.15) is 0 Å². The van der Waals surface area contributed by atoms with E-state index in [1.54, 1.807) is 18.1 Å². The molecule has 0 radical (unpaired) electrons. The number of fused-ring (bicyclic) bond motifs is 1. The summed E-state index contributed by atoms with van der Waals surface area (Å²) in [5.41, 5.74) is 0.455. The van der Waals surface area contributed by atoms with Gasteiger partial charge < -0.3 is 14.7 Å². The first kappa shape index (κ1) is 18.3. The Morgan fingerprint density at radius 1 is 1.22 bits per heavy atom. The fraction of sp³-hybridized carbons (Fsp3) is 0.524. The Bertz CT molecular complexity index is 801. The van der Waals surface area contributed by atoms with Crippen LogP contribution >= 0.6 is 0 Å². The molecular formula is C21H27N3O3. The summed E-state index contributed by atoms with van der Waals surface area (Å²) in [4.78, 5) is 21.6. The Balaban J connectivity index is 1.55. The molecule has 0 unspecified atom stereocenters. The molecule has 2 aliphatic rings. The molecule has 2 aromatic rings. The van der Waals surface area contributed by atoms with Crippen LogP contribution in [0.15, 0.2) is 36.5 Å². The Morgan fingerprint density at radius 2 is 2.00 bits per heavy atom. The molecule has 1 amide bonds. The van der Waals surface area contributed by atoms with Gasteiger partial charge in [0, 0.05) is 37.8 Å². The van der Waals surface area contributed by atoms with E-state index in [1.165, 1.54) is 0 Å². The van der Waals surface area contributed by atoms with Crippen LogP contribution in [0.1, 0.15) is 29.8 Å². The molecule has 1 saturated heterocycles. The van der Waals surface area contributed by atoms with Crippen LogP contribution in [0.5, 0.6) is 0 Å². The van der Waals surface area contributed by atoms with Gasteiger partial charge in [0.2, 0.25) is 0 Å². The van der Waals surface area contributed by atoms with Gasteiger partial charge in [0.05, 0.1) is 25.4 Å². The van der Waals surface area contributed by atoms with Crippen molar-refractivity contribution in [2.24, 2.45) is 0 Å². The molecule has 27 heavy (non-hydrogen) atoms. The number of carbonyl (C=O) groups excluding carboxylic acids is 1. The molecule has 1 saturated carbocycles. The van der Waals surface area contributed by atoms with Crippen molar-refractivity contribution < 1.29 is 14.6 Å². The number of carbonyl (C=O) groups is 1. The molecule has 1 aromatic heterocycles. The lowest BCUT2D eigenvalue weighted by Crippen LogP contribution is -2.58. The van der Waals surface area contributed by atoms with Crippen LogP contribution in [0.4, 0.5) is 0 Å². The Labute approximate surface area is 159 Å². The van der Waals surface area contributed by atoms with E-state index in [0.717, 1.165) is 43.1 Å². The maximum atomic E-state index is 13.2. The highest BCUT2D eigenvalue weighted by molar-refractivity contribution is 6.05. The van der Waals surface area contributed by atoms with Gasteiger partial charge in [-0.15, -0.1) is 0 Å². The summed E-state index contributed by atoms with van der Waals surface area (Å²) in [6, 6.07) is 9.59. The molecule has 2 heterocycles. The lowest BCUT2D eigenvalue weighted by Gasteiger charge is -2.45. The van der Waals surface area contributed by atoms with Gasteiger partial charge in [0.1, 0.15) is 5.69 Å². The minimum atomic E-state index is -0.555. The minimum Gasteiger partial charge on any atom is -0.389 e. The SMILES string of the molecule is CN(C(=O)c1nccc2ccccc12)[C@@H]1CCC[C@@H](N2CCOCC2)[C@@H]1O. The highest BCUT2D eigenvalue weighted by Gasteiger charge is 2.39. The van der Waals surface area contributed by atoms with E-state index in [1.807, 2.05) is 30.3 Å². The number of aliphatic hydroxyl groups is 1.